The molecule has 1 aliphatic rings. The lowest BCUT2D eigenvalue weighted by Crippen LogP contribution is -2.11. The van der Waals surface area contributed by atoms with Gasteiger partial charge in [-0.05, 0) is 49.3 Å². The molecule has 0 saturated heterocycles. The molecule has 2 nitrogen and oxygen atoms in total. The number of aliphatic hydroxyl groups is 1. The van der Waals surface area contributed by atoms with Gasteiger partial charge in [0.25, 0.3) is 0 Å². The van der Waals surface area contributed by atoms with Gasteiger partial charge in [0.05, 0.1) is 12.7 Å². The maximum atomic E-state index is 9.98. The Bertz CT molecular complexity index is 397. The summed E-state index contributed by atoms with van der Waals surface area (Å²) >= 11 is 1.73. The van der Waals surface area contributed by atoms with Gasteiger partial charge in [-0.2, -0.15) is 0 Å². The topological polar surface area (TPSA) is 29.5 Å². The highest BCUT2D eigenvalue weighted by Gasteiger charge is 2.40. The quantitative estimate of drug-likeness (QED) is 0.818. The SMILES string of the molecule is COc1cc(CC2(O)CC2)c(SC)cc1C. The number of methoxy groups -OCH3 is 1. The van der Waals surface area contributed by atoms with Gasteiger partial charge in [0.15, 0.2) is 0 Å². The lowest BCUT2D eigenvalue weighted by atomic mass is 10.0. The number of hydrogen-bond donors (Lipinski definition) is 1. The number of hydrogen-bond acceptors (Lipinski definition) is 3. The Balaban J connectivity index is 2.33. The van der Waals surface area contributed by atoms with E-state index in [0.29, 0.717) is 0 Å². The third-order valence-electron chi connectivity index (χ3n) is 3.14. The molecular weight excluding hydrogens is 220 g/mol. The molecule has 0 atom stereocenters. The molecule has 0 heterocycles. The van der Waals surface area contributed by atoms with E-state index in [1.54, 1.807) is 18.9 Å². The van der Waals surface area contributed by atoms with E-state index >= 15 is 0 Å². The van der Waals surface area contributed by atoms with E-state index in [9.17, 15) is 5.11 Å². The van der Waals surface area contributed by atoms with Crippen molar-refractivity contribution in [2.75, 3.05) is 13.4 Å². The molecule has 16 heavy (non-hydrogen) atoms. The van der Waals surface area contributed by atoms with Crippen molar-refractivity contribution in [3.05, 3.63) is 23.3 Å². The molecule has 0 spiro atoms. The minimum absolute atomic E-state index is 0.440. The van der Waals surface area contributed by atoms with Gasteiger partial charge in [-0.15, -0.1) is 11.8 Å². The summed E-state index contributed by atoms with van der Waals surface area (Å²) in [6, 6.07) is 4.21. The normalized spacial score (nSPS) is 17.2. The van der Waals surface area contributed by atoms with Crippen LogP contribution in [0, 0.1) is 6.92 Å². The Hall–Kier alpha value is -0.670. The zero-order valence-electron chi connectivity index (χ0n) is 10.0. The van der Waals surface area contributed by atoms with Gasteiger partial charge < -0.3 is 9.84 Å². The van der Waals surface area contributed by atoms with E-state index in [1.807, 2.05) is 6.92 Å². The van der Waals surface area contributed by atoms with E-state index < -0.39 is 5.60 Å². The van der Waals surface area contributed by atoms with Crippen molar-refractivity contribution >= 4 is 11.8 Å². The first-order valence-corrected chi connectivity index (χ1v) is 6.74. The second-order valence-electron chi connectivity index (χ2n) is 4.53. The van der Waals surface area contributed by atoms with Crippen molar-refractivity contribution in [1.29, 1.82) is 0 Å². The van der Waals surface area contributed by atoms with Crippen LogP contribution in [0.5, 0.6) is 5.75 Å². The molecule has 0 radical (unpaired) electrons. The molecule has 88 valence electrons. The van der Waals surface area contributed by atoms with Crippen LogP contribution in [-0.2, 0) is 6.42 Å². The highest BCUT2D eigenvalue weighted by Crippen LogP contribution is 2.41. The summed E-state index contributed by atoms with van der Waals surface area (Å²) in [5, 5.41) is 9.98. The van der Waals surface area contributed by atoms with Gasteiger partial charge in [-0.3, -0.25) is 0 Å². The van der Waals surface area contributed by atoms with Crippen molar-refractivity contribution < 1.29 is 9.84 Å². The Kier molecular flexibility index (Phi) is 3.17. The van der Waals surface area contributed by atoms with Gasteiger partial charge in [-0.1, -0.05) is 0 Å². The zero-order valence-corrected chi connectivity index (χ0v) is 10.9. The van der Waals surface area contributed by atoms with Crippen LogP contribution in [0.4, 0.5) is 0 Å². The highest BCUT2D eigenvalue weighted by atomic mass is 32.2. The minimum Gasteiger partial charge on any atom is -0.496 e. The maximum absolute atomic E-state index is 9.98. The number of aryl methyl sites for hydroxylation is 1. The monoisotopic (exact) mass is 238 g/mol. The van der Waals surface area contributed by atoms with Crippen LogP contribution in [0.25, 0.3) is 0 Å². The molecule has 1 aromatic rings. The van der Waals surface area contributed by atoms with Crippen LogP contribution >= 0.6 is 11.8 Å². The molecule has 0 unspecified atom stereocenters. The van der Waals surface area contributed by atoms with Crippen LogP contribution in [0.1, 0.15) is 24.0 Å². The van der Waals surface area contributed by atoms with Gasteiger partial charge in [-0.25, -0.2) is 0 Å². The highest BCUT2D eigenvalue weighted by molar-refractivity contribution is 7.98. The summed E-state index contributed by atoms with van der Waals surface area (Å²) in [6.07, 6.45) is 4.68. The van der Waals surface area contributed by atoms with Crippen LogP contribution < -0.4 is 4.74 Å². The fraction of sp³-hybridized carbons (Fsp3) is 0.538. The van der Waals surface area contributed by atoms with Gasteiger partial charge in [0.2, 0.25) is 0 Å². The van der Waals surface area contributed by atoms with Crippen molar-refractivity contribution in [2.45, 2.75) is 36.7 Å². The predicted molar refractivity (Wildman–Crippen MR) is 67.4 cm³/mol. The Labute approximate surface area is 101 Å². The third kappa shape index (κ3) is 2.36. The summed E-state index contributed by atoms with van der Waals surface area (Å²) < 4.78 is 5.33. The molecule has 0 bridgehead atoms. The van der Waals surface area contributed by atoms with Crippen LogP contribution in [0.15, 0.2) is 17.0 Å². The first-order chi connectivity index (χ1) is 7.58. The molecule has 1 N–H and O–H groups in total. The summed E-state index contributed by atoms with van der Waals surface area (Å²) in [5.74, 6) is 0.914. The summed E-state index contributed by atoms with van der Waals surface area (Å²) in [6.45, 7) is 2.05. The van der Waals surface area contributed by atoms with Crippen molar-refractivity contribution in [1.82, 2.24) is 0 Å². The minimum atomic E-state index is -0.440. The van der Waals surface area contributed by atoms with E-state index in [2.05, 4.69) is 18.4 Å². The zero-order chi connectivity index (χ0) is 11.8. The molecule has 1 aromatic carbocycles. The summed E-state index contributed by atoms with van der Waals surface area (Å²) in [7, 11) is 1.69. The first-order valence-electron chi connectivity index (χ1n) is 5.52. The van der Waals surface area contributed by atoms with Crippen LogP contribution in [0.3, 0.4) is 0 Å². The van der Waals surface area contributed by atoms with Crippen molar-refractivity contribution in [2.24, 2.45) is 0 Å². The number of rotatable bonds is 4. The fourth-order valence-electron chi connectivity index (χ4n) is 1.93. The summed E-state index contributed by atoms with van der Waals surface area (Å²) in [4.78, 5) is 1.25. The van der Waals surface area contributed by atoms with Gasteiger partial charge >= 0.3 is 0 Å². The third-order valence-corrected chi connectivity index (χ3v) is 3.96. The second kappa shape index (κ2) is 4.30. The molecule has 1 aliphatic carbocycles. The number of ether oxygens (including phenoxy) is 1. The Morgan fingerprint density at radius 2 is 2.12 bits per heavy atom. The summed E-state index contributed by atoms with van der Waals surface area (Å²) in [5.41, 5.74) is 1.92. The fourth-order valence-corrected chi connectivity index (χ4v) is 2.62. The molecule has 3 heteroatoms. The second-order valence-corrected chi connectivity index (χ2v) is 5.38. The Morgan fingerprint density at radius 3 is 2.62 bits per heavy atom. The smallest absolute Gasteiger partial charge is 0.122 e. The number of benzene rings is 1. The molecule has 0 aliphatic heterocycles. The van der Waals surface area contributed by atoms with E-state index in [1.165, 1.54) is 10.5 Å². The largest absolute Gasteiger partial charge is 0.496 e. The Morgan fingerprint density at radius 1 is 1.44 bits per heavy atom. The maximum Gasteiger partial charge on any atom is 0.122 e. The van der Waals surface area contributed by atoms with Gasteiger partial charge in [0.1, 0.15) is 5.75 Å². The van der Waals surface area contributed by atoms with Crippen molar-refractivity contribution in [3.8, 4) is 5.75 Å². The van der Waals surface area contributed by atoms with E-state index in [-0.39, 0.29) is 0 Å². The van der Waals surface area contributed by atoms with Crippen LogP contribution in [0.2, 0.25) is 0 Å². The molecule has 2 rings (SSSR count). The first kappa shape index (κ1) is 11.8. The molecular formula is C13H18O2S. The lowest BCUT2D eigenvalue weighted by molar-refractivity contribution is 0.150. The average molecular weight is 238 g/mol. The standard InChI is InChI=1S/C13H18O2S/c1-9-6-12(16-3)10(7-11(9)15-2)8-13(14)4-5-13/h6-7,14H,4-5,8H2,1-3H3. The number of thioether (sulfide) groups is 1. The van der Waals surface area contributed by atoms with E-state index in [0.717, 1.165) is 30.6 Å². The molecule has 1 saturated carbocycles. The van der Waals surface area contributed by atoms with Gasteiger partial charge in [0, 0.05) is 11.3 Å². The predicted octanol–water partition coefficient (Wildman–Crippen LogP) is 2.79. The lowest BCUT2D eigenvalue weighted by Gasteiger charge is -2.15. The average Bonchev–Trinajstić information content (AvgIpc) is 2.98. The van der Waals surface area contributed by atoms with E-state index in [4.69, 9.17) is 4.74 Å². The molecule has 0 aromatic heterocycles. The molecule has 0 amide bonds. The molecule has 1 fully saturated rings. The van der Waals surface area contributed by atoms with Crippen LogP contribution in [-0.4, -0.2) is 24.1 Å². The van der Waals surface area contributed by atoms with Crippen molar-refractivity contribution in [3.63, 3.8) is 0 Å².